The van der Waals surface area contributed by atoms with Gasteiger partial charge in [0.15, 0.2) is 4.80 Å². The van der Waals surface area contributed by atoms with E-state index in [1.807, 2.05) is 0 Å². The molecule has 0 aliphatic heterocycles. The molecule has 0 aliphatic carbocycles. The van der Waals surface area contributed by atoms with Crippen molar-refractivity contribution in [2.24, 2.45) is 4.99 Å². The molecule has 0 unspecified atom stereocenters. The van der Waals surface area contributed by atoms with E-state index in [1.165, 1.54) is 10.6 Å². The highest BCUT2D eigenvalue weighted by Crippen LogP contribution is 2.28. The molecule has 1 N–H and O–H groups in total. The Morgan fingerprint density at radius 3 is 2.48 bits per heavy atom. The van der Waals surface area contributed by atoms with Crippen molar-refractivity contribution < 1.29 is 41.0 Å². The van der Waals surface area contributed by atoms with Gasteiger partial charge in [-0.1, -0.05) is 11.3 Å². The fourth-order valence-corrected chi connectivity index (χ4v) is 3.01. The summed E-state index contributed by atoms with van der Waals surface area (Å²) in [6.07, 6.45) is -9.94. The average molecular weight is 388 g/mol. The number of aromatic nitrogens is 1. The zero-order valence-electron chi connectivity index (χ0n) is 12.2. The Morgan fingerprint density at radius 1 is 1.24 bits per heavy atom. The molecule has 0 fully saturated rings. The van der Waals surface area contributed by atoms with Crippen molar-refractivity contribution in [3.8, 4) is 5.75 Å². The molecule has 0 aliphatic rings. The molecule has 0 saturated heterocycles. The third-order valence-electron chi connectivity index (χ3n) is 2.87. The standard InChI is InChI=1S/C13H10F6N2O3S/c14-12(15,16)10(23)20-11-21(4-1-5-22)8-3-2-7(6-9(8)25-11)24-13(17,18)19/h2-3,6,22H,1,4-5H2/b20-11+. The molecule has 2 rings (SSSR count). The van der Waals surface area contributed by atoms with Crippen LogP contribution in [0.5, 0.6) is 5.75 Å². The summed E-state index contributed by atoms with van der Waals surface area (Å²) in [7, 11) is 0. The molecule has 2 aromatic rings. The van der Waals surface area contributed by atoms with Gasteiger partial charge in [0.05, 0.1) is 10.2 Å². The number of hydrogen-bond acceptors (Lipinski definition) is 4. The van der Waals surface area contributed by atoms with Gasteiger partial charge < -0.3 is 14.4 Å². The molecule has 138 valence electrons. The number of thiazole rings is 1. The van der Waals surface area contributed by atoms with Crippen LogP contribution in [0.3, 0.4) is 0 Å². The summed E-state index contributed by atoms with van der Waals surface area (Å²) in [4.78, 5) is 13.7. The summed E-state index contributed by atoms with van der Waals surface area (Å²) in [6.45, 7) is -0.244. The van der Waals surface area contributed by atoms with E-state index in [0.29, 0.717) is 11.3 Å². The Labute approximate surface area is 139 Å². The predicted molar refractivity (Wildman–Crippen MR) is 74.8 cm³/mol. The fraction of sp³-hybridized carbons (Fsp3) is 0.385. The number of alkyl halides is 6. The monoisotopic (exact) mass is 388 g/mol. The number of amides is 1. The molecule has 0 radical (unpaired) electrons. The van der Waals surface area contributed by atoms with Crippen molar-refractivity contribution in [3.63, 3.8) is 0 Å². The minimum absolute atomic E-state index is 0.0277. The number of benzene rings is 1. The minimum atomic E-state index is -5.17. The summed E-state index contributed by atoms with van der Waals surface area (Å²) in [5.74, 6) is -2.88. The van der Waals surface area contributed by atoms with Gasteiger partial charge in [0.25, 0.3) is 0 Å². The Bertz CT molecular complexity index is 837. The molecule has 25 heavy (non-hydrogen) atoms. The number of hydrogen-bond donors (Lipinski definition) is 1. The van der Waals surface area contributed by atoms with E-state index < -0.39 is 24.2 Å². The van der Waals surface area contributed by atoms with Crippen LogP contribution in [0.1, 0.15) is 6.42 Å². The van der Waals surface area contributed by atoms with Gasteiger partial charge in [-0.25, -0.2) is 0 Å². The Hall–Kier alpha value is -2.08. The summed E-state index contributed by atoms with van der Waals surface area (Å²) >= 11 is 0.605. The van der Waals surface area contributed by atoms with Gasteiger partial charge in [-0.3, -0.25) is 4.79 Å². The molecule has 0 saturated carbocycles. The smallest absolute Gasteiger partial charge is 0.406 e. The van der Waals surface area contributed by atoms with Crippen molar-refractivity contribution >= 4 is 27.5 Å². The van der Waals surface area contributed by atoms with E-state index in [-0.39, 0.29) is 34.6 Å². The first-order chi connectivity index (χ1) is 11.5. The maximum absolute atomic E-state index is 12.4. The number of fused-ring (bicyclic) bond motifs is 1. The lowest BCUT2D eigenvalue weighted by Crippen LogP contribution is -2.25. The van der Waals surface area contributed by atoms with Crippen molar-refractivity contribution in [1.82, 2.24) is 4.57 Å². The number of carbonyl (C=O) groups excluding carboxylic acids is 1. The number of aliphatic hydroxyl groups is 1. The van der Waals surface area contributed by atoms with Crippen molar-refractivity contribution in [2.75, 3.05) is 6.61 Å². The predicted octanol–water partition coefficient (Wildman–Crippen LogP) is 2.97. The summed E-state index contributed by atoms with van der Waals surface area (Å²) in [5.41, 5.74) is 0.265. The molecular formula is C13H10F6N2O3S. The largest absolute Gasteiger partial charge is 0.573 e. The first kappa shape index (κ1) is 19.2. The quantitative estimate of drug-likeness (QED) is 0.820. The van der Waals surface area contributed by atoms with E-state index in [9.17, 15) is 31.1 Å². The zero-order valence-corrected chi connectivity index (χ0v) is 13.0. The van der Waals surface area contributed by atoms with Crippen LogP contribution in [-0.2, 0) is 11.3 Å². The van der Waals surface area contributed by atoms with Gasteiger partial charge in [-0.05, 0) is 24.6 Å². The van der Waals surface area contributed by atoms with Crippen LogP contribution in [0, 0.1) is 0 Å². The zero-order chi connectivity index (χ0) is 18.8. The normalized spacial score (nSPS) is 13.5. The van der Waals surface area contributed by atoms with Crippen molar-refractivity contribution in [2.45, 2.75) is 25.5 Å². The highest BCUT2D eigenvalue weighted by atomic mass is 32.1. The number of ether oxygens (including phenoxy) is 1. The third kappa shape index (κ3) is 4.95. The Morgan fingerprint density at radius 2 is 1.92 bits per heavy atom. The van der Waals surface area contributed by atoms with Crippen LogP contribution >= 0.6 is 11.3 Å². The second-order valence-corrected chi connectivity index (χ2v) is 5.71. The molecule has 5 nitrogen and oxygen atoms in total. The number of aryl methyl sites for hydroxylation is 1. The highest BCUT2D eigenvalue weighted by molar-refractivity contribution is 7.16. The number of nitrogens with zero attached hydrogens (tertiary/aromatic N) is 2. The number of rotatable bonds is 4. The van der Waals surface area contributed by atoms with Crippen LogP contribution in [0.2, 0.25) is 0 Å². The fourth-order valence-electron chi connectivity index (χ4n) is 1.93. The van der Waals surface area contributed by atoms with Crippen LogP contribution in [0.25, 0.3) is 10.2 Å². The third-order valence-corrected chi connectivity index (χ3v) is 3.91. The first-order valence-corrected chi connectivity index (χ1v) is 7.49. The summed E-state index contributed by atoms with van der Waals surface area (Å²) in [5, 5.41) is 8.88. The van der Waals surface area contributed by atoms with Gasteiger partial charge in [0.1, 0.15) is 5.75 Å². The average Bonchev–Trinajstić information content (AvgIpc) is 2.78. The lowest BCUT2D eigenvalue weighted by Gasteiger charge is -2.09. The molecule has 1 aromatic carbocycles. The Kier molecular flexibility index (Phi) is 5.42. The highest BCUT2D eigenvalue weighted by Gasteiger charge is 2.38. The van der Waals surface area contributed by atoms with E-state index in [0.717, 1.165) is 12.1 Å². The van der Waals surface area contributed by atoms with E-state index >= 15 is 0 Å². The SMILES string of the molecule is O=C(/N=c1/sc2cc(OC(F)(F)F)ccc2n1CCCO)C(F)(F)F. The van der Waals surface area contributed by atoms with E-state index in [2.05, 4.69) is 9.73 Å². The molecule has 0 atom stereocenters. The van der Waals surface area contributed by atoms with Gasteiger partial charge >= 0.3 is 18.4 Å². The summed E-state index contributed by atoms with van der Waals surface area (Å²) in [6, 6.07) is 3.19. The number of aliphatic hydroxyl groups excluding tert-OH is 1. The van der Waals surface area contributed by atoms with Crippen molar-refractivity contribution in [1.29, 1.82) is 0 Å². The van der Waals surface area contributed by atoms with E-state index in [1.54, 1.807) is 0 Å². The lowest BCUT2D eigenvalue weighted by atomic mass is 10.3. The maximum atomic E-state index is 12.4. The topological polar surface area (TPSA) is 63.8 Å². The van der Waals surface area contributed by atoms with Gasteiger partial charge in [-0.15, -0.1) is 13.2 Å². The van der Waals surface area contributed by atoms with Gasteiger partial charge in [-0.2, -0.15) is 18.2 Å². The molecule has 1 aromatic heterocycles. The first-order valence-electron chi connectivity index (χ1n) is 6.67. The van der Waals surface area contributed by atoms with E-state index in [4.69, 9.17) is 5.11 Å². The lowest BCUT2D eigenvalue weighted by molar-refractivity contribution is -0.274. The van der Waals surface area contributed by atoms with Gasteiger partial charge in [0.2, 0.25) is 0 Å². The second kappa shape index (κ2) is 7.04. The molecular weight excluding hydrogens is 378 g/mol. The van der Waals surface area contributed by atoms with Crippen LogP contribution in [0.15, 0.2) is 23.2 Å². The molecule has 0 spiro atoms. The maximum Gasteiger partial charge on any atom is 0.573 e. The van der Waals surface area contributed by atoms with Gasteiger partial charge in [0, 0.05) is 13.2 Å². The number of halogens is 6. The molecule has 0 bridgehead atoms. The number of carbonyl (C=O) groups is 1. The molecule has 12 heteroatoms. The van der Waals surface area contributed by atoms with Crippen LogP contribution in [-0.4, -0.2) is 34.7 Å². The molecule has 1 heterocycles. The molecule has 1 amide bonds. The second-order valence-electron chi connectivity index (χ2n) is 4.71. The van der Waals surface area contributed by atoms with Crippen LogP contribution in [0.4, 0.5) is 26.3 Å². The summed E-state index contributed by atoms with van der Waals surface area (Å²) < 4.78 is 79.1. The van der Waals surface area contributed by atoms with Crippen molar-refractivity contribution in [3.05, 3.63) is 23.0 Å². The van der Waals surface area contributed by atoms with Crippen LogP contribution < -0.4 is 9.54 Å². The Balaban J connectivity index is 2.56. The minimum Gasteiger partial charge on any atom is -0.406 e.